The minimum absolute atomic E-state index is 0.105. The van der Waals surface area contributed by atoms with Crippen molar-refractivity contribution >= 4 is 0 Å². The van der Waals surface area contributed by atoms with Crippen molar-refractivity contribution in [3.8, 4) is 0 Å². The Bertz CT molecular complexity index is 573. The van der Waals surface area contributed by atoms with Gasteiger partial charge in [-0.15, -0.1) is 0 Å². The fraction of sp³-hybridized carbons (Fsp3) is 0.333. The maximum absolute atomic E-state index is 14.2. The molecule has 0 bridgehead atoms. The SMILES string of the molecule is CCNC(c1c(F)cccc1F)C(C)(C)c1ccccc1. The zero-order valence-corrected chi connectivity index (χ0v) is 12.7. The van der Waals surface area contributed by atoms with E-state index in [1.165, 1.54) is 18.2 Å². The van der Waals surface area contributed by atoms with Crippen molar-refractivity contribution in [2.45, 2.75) is 32.2 Å². The maximum Gasteiger partial charge on any atom is 0.130 e. The minimum Gasteiger partial charge on any atom is -0.309 e. The fourth-order valence-electron chi connectivity index (χ4n) is 2.74. The highest BCUT2D eigenvalue weighted by atomic mass is 19.1. The predicted molar refractivity (Wildman–Crippen MR) is 82.2 cm³/mol. The molecule has 0 aliphatic carbocycles. The van der Waals surface area contributed by atoms with E-state index < -0.39 is 23.1 Å². The van der Waals surface area contributed by atoms with E-state index in [1.54, 1.807) is 0 Å². The summed E-state index contributed by atoms with van der Waals surface area (Å²) in [4.78, 5) is 0. The number of hydrogen-bond acceptors (Lipinski definition) is 1. The molecule has 1 nitrogen and oxygen atoms in total. The van der Waals surface area contributed by atoms with Gasteiger partial charge in [0.05, 0.1) is 0 Å². The van der Waals surface area contributed by atoms with Gasteiger partial charge in [0.25, 0.3) is 0 Å². The molecule has 0 spiro atoms. The van der Waals surface area contributed by atoms with Crippen molar-refractivity contribution in [2.75, 3.05) is 6.54 Å². The largest absolute Gasteiger partial charge is 0.309 e. The third-order valence-corrected chi connectivity index (χ3v) is 3.94. The van der Waals surface area contributed by atoms with Crippen LogP contribution in [0.15, 0.2) is 48.5 Å². The van der Waals surface area contributed by atoms with Crippen LogP contribution in [-0.2, 0) is 5.41 Å². The molecule has 0 saturated carbocycles. The number of rotatable bonds is 5. The normalized spacial score (nSPS) is 13.2. The molecule has 1 N–H and O–H groups in total. The van der Waals surface area contributed by atoms with Gasteiger partial charge in [0.2, 0.25) is 0 Å². The Balaban J connectivity index is 2.53. The van der Waals surface area contributed by atoms with Crippen molar-refractivity contribution in [1.82, 2.24) is 5.32 Å². The first-order chi connectivity index (χ1) is 9.98. The first-order valence-corrected chi connectivity index (χ1v) is 7.21. The number of halogens is 2. The Morgan fingerprint density at radius 1 is 0.952 bits per heavy atom. The van der Waals surface area contributed by atoms with Gasteiger partial charge >= 0.3 is 0 Å². The third kappa shape index (κ3) is 3.13. The number of benzene rings is 2. The van der Waals surface area contributed by atoms with Gasteiger partial charge in [-0.3, -0.25) is 0 Å². The van der Waals surface area contributed by atoms with Crippen LogP contribution in [0, 0.1) is 11.6 Å². The van der Waals surface area contributed by atoms with Crippen LogP contribution < -0.4 is 5.32 Å². The van der Waals surface area contributed by atoms with Crippen molar-refractivity contribution in [2.24, 2.45) is 0 Å². The summed E-state index contributed by atoms with van der Waals surface area (Å²) in [5.41, 5.74) is 0.701. The molecule has 0 aliphatic heterocycles. The Hall–Kier alpha value is -1.74. The summed E-state index contributed by atoms with van der Waals surface area (Å²) < 4.78 is 28.4. The van der Waals surface area contributed by atoms with E-state index in [0.29, 0.717) is 6.54 Å². The molecular formula is C18H21F2N. The second-order valence-corrected chi connectivity index (χ2v) is 5.71. The zero-order valence-electron chi connectivity index (χ0n) is 12.7. The highest BCUT2D eigenvalue weighted by molar-refractivity contribution is 5.33. The van der Waals surface area contributed by atoms with Gasteiger partial charge in [-0.05, 0) is 24.2 Å². The lowest BCUT2D eigenvalue weighted by molar-refractivity contribution is 0.332. The van der Waals surface area contributed by atoms with E-state index in [9.17, 15) is 8.78 Å². The standard InChI is InChI=1S/C18H21F2N/c1-4-21-17(16-14(19)11-8-12-15(16)20)18(2,3)13-9-6-5-7-10-13/h5-12,17,21H,4H2,1-3H3. The third-order valence-electron chi connectivity index (χ3n) is 3.94. The van der Waals surface area contributed by atoms with Crippen LogP contribution in [0.4, 0.5) is 8.78 Å². The lowest BCUT2D eigenvalue weighted by Gasteiger charge is -2.36. The van der Waals surface area contributed by atoms with Gasteiger partial charge in [0.15, 0.2) is 0 Å². The quantitative estimate of drug-likeness (QED) is 0.848. The van der Waals surface area contributed by atoms with E-state index >= 15 is 0 Å². The van der Waals surface area contributed by atoms with E-state index in [4.69, 9.17) is 0 Å². The van der Waals surface area contributed by atoms with Gasteiger partial charge in [-0.25, -0.2) is 8.78 Å². The minimum atomic E-state index is -0.509. The highest BCUT2D eigenvalue weighted by Crippen LogP contribution is 2.38. The van der Waals surface area contributed by atoms with Crippen LogP contribution in [-0.4, -0.2) is 6.54 Å². The van der Waals surface area contributed by atoms with Crippen molar-refractivity contribution in [3.63, 3.8) is 0 Å². The molecule has 0 heterocycles. The Labute approximate surface area is 125 Å². The maximum atomic E-state index is 14.2. The van der Waals surface area contributed by atoms with Gasteiger partial charge in [0, 0.05) is 17.0 Å². The lowest BCUT2D eigenvalue weighted by Crippen LogP contribution is -2.38. The lowest BCUT2D eigenvalue weighted by atomic mass is 9.74. The van der Waals surface area contributed by atoms with Gasteiger partial charge in [-0.1, -0.05) is 57.2 Å². The van der Waals surface area contributed by atoms with Crippen LogP contribution in [0.25, 0.3) is 0 Å². The van der Waals surface area contributed by atoms with Crippen LogP contribution in [0.5, 0.6) is 0 Å². The molecule has 1 unspecified atom stereocenters. The van der Waals surface area contributed by atoms with E-state index in [-0.39, 0.29) is 5.56 Å². The molecule has 0 amide bonds. The summed E-state index contributed by atoms with van der Waals surface area (Å²) in [5, 5.41) is 3.24. The molecule has 112 valence electrons. The van der Waals surface area contributed by atoms with Crippen LogP contribution in [0.3, 0.4) is 0 Å². The van der Waals surface area contributed by atoms with Crippen LogP contribution in [0.2, 0.25) is 0 Å². The molecule has 21 heavy (non-hydrogen) atoms. The Kier molecular flexibility index (Phi) is 4.73. The summed E-state index contributed by atoms with van der Waals surface area (Å²) >= 11 is 0. The summed E-state index contributed by atoms with van der Waals surface area (Å²) in [7, 11) is 0. The molecule has 0 aliphatic rings. The molecular weight excluding hydrogens is 268 g/mol. The zero-order chi connectivity index (χ0) is 15.5. The second-order valence-electron chi connectivity index (χ2n) is 5.71. The van der Waals surface area contributed by atoms with E-state index in [2.05, 4.69) is 5.32 Å². The summed E-state index contributed by atoms with van der Waals surface area (Å²) in [6.45, 7) is 6.57. The molecule has 0 fully saturated rings. The van der Waals surface area contributed by atoms with E-state index in [0.717, 1.165) is 5.56 Å². The van der Waals surface area contributed by atoms with Crippen molar-refractivity contribution in [1.29, 1.82) is 0 Å². The number of hydrogen-bond donors (Lipinski definition) is 1. The van der Waals surface area contributed by atoms with Gasteiger partial charge in [0.1, 0.15) is 11.6 Å². The summed E-state index contributed by atoms with van der Waals surface area (Å²) in [6.07, 6.45) is 0. The molecule has 2 aromatic carbocycles. The fourth-order valence-corrected chi connectivity index (χ4v) is 2.74. The second kappa shape index (κ2) is 6.35. The van der Waals surface area contributed by atoms with Crippen LogP contribution >= 0.6 is 0 Å². The summed E-state index contributed by atoms with van der Waals surface area (Å²) in [5.74, 6) is -1.02. The average Bonchev–Trinajstić information content (AvgIpc) is 2.47. The molecule has 1 atom stereocenters. The predicted octanol–water partition coefficient (Wildman–Crippen LogP) is 4.59. The molecule has 3 heteroatoms. The Morgan fingerprint density at radius 2 is 1.52 bits per heavy atom. The van der Waals surface area contributed by atoms with E-state index in [1.807, 2.05) is 51.1 Å². The van der Waals surface area contributed by atoms with Crippen molar-refractivity contribution in [3.05, 3.63) is 71.3 Å². The topological polar surface area (TPSA) is 12.0 Å². The average molecular weight is 289 g/mol. The molecule has 2 rings (SSSR count). The first kappa shape index (κ1) is 15.6. The molecule has 0 radical (unpaired) electrons. The smallest absolute Gasteiger partial charge is 0.130 e. The highest BCUT2D eigenvalue weighted by Gasteiger charge is 2.35. The monoisotopic (exact) mass is 289 g/mol. The first-order valence-electron chi connectivity index (χ1n) is 7.21. The van der Waals surface area contributed by atoms with Gasteiger partial charge in [-0.2, -0.15) is 0 Å². The number of nitrogens with one attached hydrogen (secondary N) is 1. The molecule has 0 saturated heterocycles. The molecule has 2 aromatic rings. The van der Waals surface area contributed by atoms with Crippen LogP contribution in [0.1, 0.15) is 37.9 Å². The number of likely N-dealkylation sites (N-methyl/N-ethyl adjacent to an activating group) is 1. The molecule has 0 aromatic heterocycles. The van der Waals surface area contributed by atoms with Gasteiger partial charge < -0.3 is 5.32 Å². The van der Waals surface area contributed by atoms with Crippen molar-refractivity contribution < 1.29 is 8.78 Å². The summed E-state index contributed by atoms with van der Waals surface area (Å²) in [6, 6.07) is 13.4. The Morgan fingerprint density at radius 3 is 2.05 bits per heavy atom.